The van der Waals surface area contributed by atoms with E-state index in [1.165, 1.54) is 6.42 Å². The van der Waals surface area contributed by atoms with E-state index in [1.807, 2.05) is 0 Å². The molecule has 3 atom stereocenters. The normalized spacial score (nSPS) is 29.4. The highest BCUT2D eigenvalue weighted by atomic mass is 16.2. The molecule has 1 aliphatic rings. The Morgan fingerprint density at radius 1 is 1.28 bits per heavy atom. The molecule has 1 heterocycles. The molecule has 0 spiro atoms. The molecule has 106 valence electrons. The fraction of sp³-hybridized carbons (Fsp3) is 0.933. The van der Waals surface area contributed by atoms with E-state index in [-0.39, 0.29) is 11.3 Å². The maximum Gasteiger partial charge on any atom is 0.230 e. The molecule has 0 aromatic carbocycles. The lowest BCUT2D eigenvalue weighted by atomic mass is 9.78. The van der Waals surface area contributed by atoms with E-state index in [2.05, 4.69) is 39.5 Å². The van der Waals surface area contributed by atoms with Crippen molar-refractivity contribution in [2.24, 2.45) is 23.0 Å². The van der Waals surface area contributed by atoms with Gasteiger partial charge in [-0.3, -0.25) is 4.79 Å². The zero-order chi connectivity index (χ0) is 13.9. The van der Waals surface area contributed by atoms with Gasteiger partial charge in [0.05, 0.1) is 5.41 Å². The van der Waals surface area contributed by atoms with Crippen molar-refractivity contribution in [3.8, 4) is 0 Å². The number of amides is 1. The van der Waals surface area contributed by atoms with Crippen LogP contribution in [0.15, 0.2) is 0 Å². The molecule has 0 bridgehead atoms. The molecule has 18 heavy (non-hydrogen) atoms. The standard InChI is InChI=1S/C15H30N2O/c1-6-15(7-2,10-16)14(18)17-9-11(3)8-12(4)13(17)5/h11-13H,6-10,16H2,1-5H3. The van der Waals surface area contributed by atoms with Crippen molar-refractivity contribution in [2.45, 2.75) is 59.9 Å². The summed E-state index contributed by atoms with van der Waals surface area (Å²) in [5.41, 5.74) is 5.56. The Kier molecular flexibility index (Phi) is 5.20. The Labute approximate surface area is 112 Å². The Balaban J connectivity index is 2.93. The van der Waals surface area contributed by atoms with Gasteiger partial charge in [0.1, 0.15) is 0 Å². The number of nitrogens with two attached hydrogens (primary N) is 1. The molecule has 0 radical (unpaired) electrons. The molecule has 1 saturated heterocycles. The quantitative estimate of drug-likeness (QED) is 0.838. The Morgan fingerprint density at radius 3 is 2.28 bits per heavy atom. The first-order valence-electron chi connectivity index (χ1n) is 7.43. The summed E-state index contributed by atoms with van der Waals surface area (Å²) in [4.78, 5) is 15.0. The topological polar surface area (TPSA) is 46.3 Å². The van der Waals surface area contributed by atoms with Crippen molar-refractivity contribution in [3.05, 3.63) is 0 Å². The van der Waals surface area contributed by atoms with Crippen LogP contribution >= 0.6 is 0 Å². The molecule has 2 N–H and O–H groups in total. The number of hydrogen-bond donors (Lipinski definition) is 1. The molecular formula is C15H30N2O. The van der Waals surface area contributed by atoms with Gasteiger partial charge in [0, 0.05) is 19.1 Å². The molecule has 0 aromatic heterocycles. The van der Waals surface area contributed by atoms with Gasteiger partial charge in [-0.15, -0.1) is 0 Å². The molecule has 1 aliphatic heterocycles. The van der Waals surface area contributed by atoms with Gasteiger partial charge >= 0.3 is 0 Å². The zero-order valence-electron chi connectivity index (χ0n) is 12.7. The lowest BCUT2D eigenvalue weighted by Gasteiger charge is -2.45. The third-order valence-corrected chi connectivity index (χ3v) is 5.06. The predicted octanol–water partition coefficient (Wildman–Crippen LogP) is 2.64. The van der Waals surface area contributed by atoms with E-state index in [1.54, 1.807) is 0 Å². The number of likely N-dealkylation sites (tertiary alicyclic amines) is 1. The van der Waals surface area contributed by atoms with Crippen LogP contribution in [-0.4, -0.2) is 29.9 Å². The smallest absolute Gasteiger partial charge is 0.230 e. The fourth-order valence-electron chi connectivity index (χ4n) is 3.22. The van der Waals surface area contributed by atoms with Crippen LogP contribution in [0.4, 0.5) is 0 Å². The van der Waals surface area contributed by atoms with Gasteiger partial charge in [0.2, 0.25) is 5.91 Å². The SMILES string of the molecule is CCC(CC)(CN)C(=O)N1CC(C)CC(C)C1C. The van der Waals surface area contributed by atoms with E-state index in [0.717, 1.165) is 19.4 Å². The van der Waals surface area contributed by atoms with Crippen LogP contribution in [0.3, 0.4) is 0 Å². The third-order valence-electron chi connectivity index (χ3n) is 5.06. The summed E-state index contributed by atoms with van der Waals surface area (Å²) in [7, 11) is 0. The highest BCUT2D eigenvalue weighted by Crippen LogP contribution is 2.34. The van der Waals surface area contributed by atoms with E-state index < -0.39 is 0 Å². The molecule has 0 aliphatic carbocycles. The lowest BCUT2D eigenvalue weighted by Crippen LogP contribution is -2.55. The first-order valence-corrected chi connectivity index (χ1v) is 7.43. The van der Waals surface area contributed by atoms with Crippen LogP contribution in [0.25, 0.3) is 0 Å². The minimum absolute atomic E-state index is 0.279. The number of rotatable bonds is 4. The second-order valence-electron chi connectivity index (χ2n) is 6.21. The third kappa shape index (κ3) is 2.71. The first-order chi connectivity index (χ1) is 8.41. The van der Waals surface area contributed by atoms with Gasteiger partial charge in [0.25, 0.3) is 0 Å². The van der Waals surface area contributed by atoms with Gasteiger partial charge < -0.3 is 10.6 Å². The summed E-state index contributed by atoms with van der Waals surface area (Å²) in [5.74, 6) is 1.46. The minimum Gasteiger partial charge on any atom is -0.339 e. The van der Waals surface area contributed by atoms with Crippen LogP contribution < -0.4 is 5.73 Å². The number of carbonyl (C=O) groups excluding carboxylic acids is 1. The van der Waals surface area contributed by atoms with E-state index in [9.17, 15) is 4.79 Å². The molecule has 0 aromatic rings. The summed E-state index contributed by atoms with van der Waals surface area (Å²) in [6.07, 6.45) is 2.90. The van der Waals surface area contributed by atoms with Gasteiger partial charge in [-0.1, -0.05) is 27.7 Å². The minimum atomic E-state index is -0.342. The summed E-state index contributed by atoms with van der Waals surface area (Å²) in [6, 6.07) is 0.345. The molecular weight excluding hydrogens is 224 g/mol. The molecule has 3 unspecified atom stereocenters. The Morgan fingerprint density at radius 2 is 1.83 bits per heavy atom. The maximum absolute atomic E-state index is 12.9. The maximum atomic E-state index is 12.9. The lowest BCUT2D eigenvalue weighted by molar-refractivity contribution is -0.148. The number of hydrogen-bond acceptors (Lipinski definition) is 2. The van der Waals surface area contributed by atoms with Crippen molar-refractivity contribution in [2.75, 3.05) is 13.1 Å². The monoisotopic (exact) mass is 254 g/mol. The Bertz CT molecular complexity index is 278. The summed E-state index contributed by atoms with van der Waals surface area (Å²) in [5, 5.41) is 0. The van der Waals surface area contributed by atoms with Crippen LogP contribution in [0.1, 0.15) is 53.9 Å². The Hall–Kier alpha value is -0.570. The first kappa shape index (κ1) is 15.5. The second kappa shape index (κ2) is 6.05. The number of piperidine rings is 1. The number of carbonyl (C=O) groups is 1. The summed E-state index contributed by atoms with van der Waals surface area (Å²) in [6.45, 7) is 12.2. The van der Waals surface area contributed by atoms with Gasteiger partial charge in [-0.25, -0.2) is 0 Å². The van der Waals surface area contributed by atoms with Crippen molar-refractivity contribution < 1.29 is 4.79 Å². The summed E-state index contributed by atoms with van der Waals surface area (Å²) < 4.78 is 0. The van der Waals surface area contributed by atoms with Crippen LogP contribution in [0, 0.1) is 17.3 Å². The van der Waals surface area contributed by atoms with Crippen molar-refractivity contribution in [3.63, 3.8) is 0 Å². The van der Waals surface area contributed by atoms with Crippen LogP contribution in [0.5, 0.6) is 0 Å². The number of nitrogens with zero attached hydrogens (tertiary/aromatic N) is 1. The average molecular weight is 254 g/mol. The zero-order valence-corrected chi connectivity index (χ0v) is 12.7. The van der Waals surface area contributed by atoms with Crippen molar-refractivity contribution in [1.82, 2.24) is 4.90 Å². The molecule has 1 fully saturated rings. The molecule has 1 rings (SSSR count). The highest BCUT2D eigenvalue weighted by molar-refractivity contribution is 5.83. The summed E-state index contributed by atoms with van der Waals surface area (Å²) >= 11 is 0. The molecule has 0 saturated carbocycles. The van der Waals surface area contributed by atoms with E-state index in [4.69, 9.17) is 5.73 Å². The van der Waals surface area contributed by atoms with Crippen molar-refractivity contribution in [1.29, 1.82) is 0 Å². The second-order valence-corrected chi connectivity index (χ2v) is 6.21. The molecule has 3 nitrogen and oxygen atoms in total. The predicted molar refractivity (Wildman–Crippen MR) is 76.2 cm³/mol. The van der Waals surface area contributed by atoms with E-state index >= 15 is 0 Å². The average Bonchev–Trinajstić information content (AvgIpc) is 2.36. The van der Waals surface area contributed by atoms with Crippen LogP contribution in [0.2, 0.25) is 0 Å². The van der Waals surface area contributed by atoms with E-state index in [0.29, 0.717) is 24.4 Å². The van der Waals surface area contributed by atoms with Crippen LogP contribution in [-0.2, 0) is 4.79 Å². The molecule has 1 amide bonds. The van der Waals surface area contributed by atoms with Gasteiger partial charge in [-0.2, -0.15) is 0 Å². The van der Waals surface area contributed by atoms with Gasteiger partial charge in [0.15, 0.2) is 0 Å². The van der Waals surface area contributed by atoms with Crippen molar-refractivity contribution >= 4 is 5.91 Å². The largest absolute Gasteiger partial charge is 0.339 e. The molecule has 3 heteroatoms. The highest BCUT2D eigenvalue weighted by Gasteiger charge is 2.41. The fourth-order valence-corrected chi connectivity index (χ4v) is 3.22. The van der Waals surface area contributed by atoms with Gasteiger partial charge in [-0.05, 0) is 38.0 Å².